The zero-order chi connectivity index (χ0) is 17.2. The van der Waals surface area contributed by atoms with E-state index in [1.165, 1.54) is 33.8 Å². The largest absolute Gasteiger partial charge is 0.269 e. The molecule has 0 saturated carbocycles. The summed E-state index contributed by atoms with van der Waals surface area (Å²) in [5.41, 5.74) is 2.90. The molecule has 0 amide bonds. The fraction of sp³-hybridized carbons (Fsp3) is 0.111. The van der Waals surface area contributed by atoms with Gasteiger partial charge in [0.25, 0.3) is 5.56 Å². The minimum absolute atomic E-state index is 0.159. The number of hydrogen-bond acceptors (Lipinski definition) is 5. The highest BCUT2D eigenvalue weighted by molar-refractivity contribution is 7.98. The first kappa shape index (κ1) is 15.6. The number of para-hydroxylation sites is 1. The van der Waals surface area contributed by atoms with Gasteiger partial charge in [0, 0.05) is 5.75 Å². The van der Waals surface area contributed by atoms with Crippen LogP contribution in [0.4, 0.5) is 0 Å². The second-order valence-electron chi connectivity index (χ2n) is 5.64. The third-order valence-electron chi connectivity index (χ3n) is 3.85. The Hall–Kier alpha value is -2.93. The van der Waals surface area contributed by atoms with Crippen LogP contribution < -0.4 is 5.56 Å². The van der Waals surface area contributed by atoms with E-state index >= 15 is 0 Å². The zero-order valence-corrected chi connectivity index (χ0v) is 14.3. The number of H-pyrrole nitrogens is 1. The quantitative estimate of drug-likeness (QED) is 0.452. The predicted molar refractivity (Wildman–Crippen MR) is 98.0 cm³/mol. The Balaban J connectivity index is 1.79. The topological polar surface area (TPSA) is 76.5 Å². The number of hydrogen-bond donors (Lipinski definition) is 1. The first-order chi connectivity index (χ1) is 12.2. The maximum absolute atomic E-state index is 12.9. The van der Waals surface area contributed by atoms with Crippen molar-refractivity contribution in [3.8, 4) is 5.95 Å². The molecule has 0 spiro atoms. The summed E-state index contributed by atoms with van der Waals surface area (Å²) in [5.74, 6) is 1.08. The molecule has 0 unspecified atom stereocenters. The van der Waals surface area contributed by atoms with Gasteiger partial charge in [-0.15, -0.1) is 0 Å². The first-order valence-electron chi connectivity index (χ1n) is 7.78. The maximum Gasteiger partial charge on any atom is 0.269 e. The van der Waals surface area contributed by atoms with E-state index < -0.39 is 0 Å². The number of rotatable bonds is 4. The number of benzene rings is 2. The number of fused-ring (bicyclic) bond motifs is 1. The zero-order valence-electron chi connectivity index (χ0n) is 13.5. The number of thioether (sulfide) groups is 1. The van der Waals surface area contributed by atoms with E-state index in [4.69, 9.17) is 0 Å². The molecule has 0 bridgehead atoms. The van der Waals surface area contributed by atoms with Gasteiger partial charge in [-0.1, -0.05) is 53.7 Å². The lowest BCUT2D eigenvalue weighted by molar-refractivity contribution is 0.771. The molecule has 2 aromatic heterocycles. The van der Waals surface area contributed by atoms with Gasteiger partial charge in [0.15, 0.2) is 5.16 Å². The summed E-state index contributed by atoms with van der Waals surface area (Å²) in [7, 11) is 0. The van der Waals surface area contributed by atoms with Crippen LogP contribution in [0, 0.1) is 6.92 Å². The van der Waals surface area contributed by atoms with Crippen LogP contribution in [0.15, 0.2) is 64.8 Å². The summed E-state index contributed by atoms with van der Waals surface area (Å²) in [5, 5.41) is 7.75. The average molecular weight is 349 g/mol. The normalized spacial score (nSPS) is 11.1. The Bertz CT molecular complexity index is 1070. The van der Waals surface area contributed by atoms with Crippen molar-refractivity contribution in [1.29, 1.82) is 0 Å². The van der Waals surface area contributed by atoms with Gasteiger partial charge in [0.05, 0.1) is 10.9 Å². The van der Waals surface area contributed by atoms with E-state index in [0.29, 0.717) is 27.8 Å². The molecule has 0 atom stereocenters. The van der Waals surface area contributed by atoms with Crippen LogP contribution in [-0.4, -0.2) is 24.7 Å². The van der Waals surface area contributed by atoms with Gasteiger partial charge in [0.2, 0.25) is 5.95 Å². The predicted octanol–water partition coefficient (Wildman–Crippen LogP) is 3.10. The summed E-state index contributed by atoms with van der Waals surface area (Å²) in [4.78, 5) is 21.7. The molecule has 0 saturated heterocycles. The van der Waals surface area contributed by atoms with Gasteiger partial charge in [0.1, 0.15) is 6.33 Å². The third kappa shape index (κ3) is 3.06. The van der Waals surface area contributed by atoms with Crippen molar-refractivity contribution in [3.05, 3.63) is 76.3 Å². The SMILES string of the molecule is Cc1ccc(CSc2nc3ccccc3c(=O)n2-c2ncn[nH]2)cc1. The molecular formula is C18H15N5OS. The molecule has 0 aliphatic carbocycles. The monoisotopic (exact) mass is 349 g/mol. The van der Waals surface area contributed by atoms with Crippen LogP contribution in [-0.2, 0) is 5.75 Å². The van der Waals surface area contributed by atoms with Crippen molar-refractivity contribution in [2.45, 2.75) is 17.8 Å². The van der Waals surface area contributed by atoms with Gasteiger partial charge in [-0.2, -0.15) is 10.1 Å². The molecular weight excluding hydrogens is 334 g/mol. The molecule has 124 valence electrons. The summed E-state index contributed by atoms with van der Waals surface area (Å²) >= 11 is 1.50. The number of aryl methyl sites for hydroxylation is 1. The smallest absolute Gasteiger partial charge is 0.268 e. The summed E-state index contributed by atoms with van der Waals surface area (Å²) in [6.45, 7) is 2.06. The molecule has 4 aromatic rings. The molecule has 25 heavy (non-hydrogen) atoms. The van der Waals surface area contributed by atoms with Crippen molar-refractivity contribution in [1.82, 2.24) is 24.7 Å². The molecule has 0 aliphatic rings. The third-order valence-corrected chi connectivity index (χ3v) is 4.86. The lowest BCUT2D eigenvalue weighted by Gasteiger charge is -2.10. The Morgan fingerprint density at radius 1 is 1.12 bits per heavy atom. The first-order valence-corrected chi connectivity index (χ1v) is 8.77. The summed E-state index contributed by atoms with van der Waals surface area (Å²) < 4.78 is 1.48. The van der Waals surface area contributed by atoms with Crippen molar-refractivity contribution in [2.75, 3.05) is 0 Å². The number of nitrogens with one attached hydrogen (secondary N) is 1. The lowest BCUT2D eigenvalue weighted by Crippen LogP contribution is -2.22. The molecule has 0 radical (unpaired) electrons. The minimum Gasteiger partial charge on any atom is -0.268 e. The van der Waals surface area contributed by atoms with Gasteiger partial charge in [-0.25, -0.2) is 14.6 Å². The summed E-state index contributed by atoms with van der Waals surface area (Å²) in [6, 6.07) is 15.6. The highest BCUT2D eigenvalue weighted by Gasteiger charge is 2.15. The molecule has 6 nitrogen and oxygen atoms in total. The molecule has 7 heteroatoms. The van der Waals surface area contributed by atoms with Crippen LogP contribution in [0.1, 0.15) is 11.1 Å². The van der Waals surface area contributed by atoms with E-state index in [9.17, 15) is 4.79 Å². The van der Waals surface area contributed by atoms with E-state index in [1.54, 1.807) is 6.07 Å². The van der Waals surface area contributed by atoms with E-state index in [1.807, 2.05) is 18.2 Å². The lowest BCUT2D eigenvalue weighted by atomic mass is 10.2. The molecule has 0 fully saturated rings. The highest BCUT2D eigenvalue weighted by atomic mass is 32.2. The fourth-order valence-electron chi connectivity index (χ4n) is 2.53. The molecule has 2 aromatic carbocycles. The number of nitrogens with zero attached hydrogens (tertiary/aromatic N) is 4. The van der Waals surface area contributed by atoms with Crippen molar-refractivity contribution >= 4 is 22.7 Å². The van der Waals surface area contributed by atoms with Crippen molar-refractivity contribution < 1.29 is 0 Å². The summed E-state index contributed by atoms with van der Waals surface area (Å²) in [6.07, 6.45) is 1.38. The van der Waals surface area contributed by atoms with Crippen LogP contribution >= 0.6 is 11.8 Å². The minimum atomic E-state index is -0.159. The second-order valence-corrected chi connectivity index (χ2v) is 6.58. The number of aromatic amines is 1. The average Bonchev–Trinajstić information content (AvgIpc) is 3.15. The Labute approximate surface area is 148 Å². The maximum atomic E-state index is 12.9. The van der Waals surface area contributed by atoms with Crippen molar-refractivity contribution in [3.63, 3.8) is 0 Å². The van der Waals surface area contributed by atoms with Crippen LogP contribution in [0.2, 0.25) is 0 Å². The van der Waals surface area contributed by atoms with Gasteiger partial charge in [-0.3, -0.25) is 4.79 Å². The molecule has 4 rings (SSSR count). The molecule has 1 N–H and O–H groups in total. The van der Waals surface area contributed by atoms with E-state index in [2.05, 4.69) is 51.4 Å². The van der Waals surface area contributed by atoms with Crippen LogP contribution in [0.3, 0.4) is 0 Å². The van der Waals surface area contributed by atoms with E-state index in [-0.39, 0.29) is 5.56 Å². The Morgan fingerprint density at radius 3 is 2.68 bits per heavy atom. The molecule has 0 aliphatic heterocycles. The van der Waals surface area contributed by atoms with E-state index in [0.717, 1.165) is 0 Å². The highest BCUT2D eigenvalue weighted by Crippen LogP contribution is 2.23. The van der Waals surface area contributed by atoms with Gasteiger partial charge in [-0.05, 0) is 24.6 Å². The van der Waals surface area contributed by atoms with Crippen molar-refractivity contribution in [2.24, 2.45) is 0 Å². The van der Waals surface area contributed by atoms with Crippen LogP contribution in [0.25, 0.3) is 16.9 Å². The van der Waals surface area contributed by atoms with Gasteiger partial charge < -0.3 is 0 Å². The van der Waals surface area contributed by atoms with Gasteiger partial charge >= 0.3 is 0 Å². The van der Waals surface area contributed by atoms with Crippen LogP contribution in [0.5, 0.6) is 0 Å². The Kier molecular flexibility index (Phi) is 4.07. The second kappa shape index (κ2) is 6.52. The number of aromatic nitrogens is 5. The standard InChI is InChI=1S/C18H15N5OS/c1-12-6-8-13(9-7-12)10-25-18-21-15-5-3-2-4-14(15)16(24)23(18)17-19-11-20-22-17/h2-9,11H,10H2,1H3,(H,19,20,22). The Morgan fingerprint density at radius 2 is 1.92 bits per heavy atom. The fourth-order valence-corrected chi connectivity index (χ4v) is 3.48. The molecule has 2 heterocycles.